The van der Waals surface area contributed by atoms with Crippen LogP contribution in [0.3, 0.4) is 0 Å². The van der Waals surface area contributed by atoms with Gasteiger partial charge in [0.2, 0.25) is 0 Å². The minimum atomic E-state index is -1.77. The van der Waals surface area contributed by atoms with Crippen molar-refractivity contribution in [3.63, 3.8) is 0 Å². The smallest absolute Gasteiger partial charge is 0.0790 e. The van der Waals surface area contributed by atoms with Crippen molar-refractivity contribution in [3.05, 3.63) is 0 Å². The first-order valence-corrected chi connectivity index (χ1v) is 30.7. The number of hydrogen-bond donors (Lipinski definition) is 0. The average Bonchev–Trinajstić information content (AvgIpc) is 1.41. The zero-order valence-corrected chi connectivity index (χ0v) is 20.1. The molecule has 0 aliphatic heterocycles. The van der Waals surface area contributed by atoms with Crippen LogP contribution in [0.5, 0.6) is 0 Å². The third-order valence-electron chi connectivity index (χ3n) is 0. The molecule has 0 aromatic rings. The summed E-state index contributed by atoms with van der Waals surface area (Å²) in [6, 6.07) is 0. The van der Waals surface area contributed by atoms with E-state index in [2.05, 4.69) is 51.0 Å². The van der Waals surface area contributed by atoms with Crippen LogP contribution in [0.2, 0.25) is 0 Å². The largest absolute Gasteiger partial charge is 0.324 e. The van der Waals surface area contributed by atoms with Gasteiger partial charge in [-0.05, 0) is 40.0 Å². The maximum Gasteiger partial charge on any atom is 0.0790 e. The van der Waals surface area contributed by atoms with Gasteiger partial charge in [-0.2, -0.15) is 0 Å². The van der Waals surface area contributed by atoms with Crippen LogP contribution in [0.15, 0.2) is 0 Å². The van der Waals surface area contributed by atoms with Crippen LogP contribution in [0.1, 0.15) is 0 Å². The molecule has 0 amide bonds. The van der Waals surface area contributed by atoms with Gasteiger partial charge in [-0.3, -0.25) is 0 Å². The van der Waals surface area contributed by atoms with Crippen molar-refractivity contribution in [1.82, 2.24) is 0 Å². The number of rotatable bonds is 0. The van der Waals surface area contributed by atoms with Crippen molar-refractivity contribution in [3.8, 4) is 0 Å². The monoisotopic (exact) mass is 630 g/mol. The molecular formula is C6H18Br4O2P2Te. The molecule has 0 fully saturated rings. The second kappa shape index (κ2) is 10.0. The van der Waals surface area contributed by atoms with Gasteiger partial charge in [0.25, 0.3) is 0 Å². The van der Waals surface area contributed by atoms with E-state index >= 15 is 0 Å². The van der Waals surface area contributed by atoms with Crippen LogP contribution in [0, 0.1) is 0 Å². The summed E-state index contributed by atoms with van der Waals surface area (Å²) in [4.78, 5) is 0. The summed E-state index contributed by atoms with van der Waals surface area (Å²) in [5.41, 5.74) is 0. The Hall–Kier alpha value is 3.17. The molecule has 9 heteroatoms. The molecule has 0 heterocycles. The molecule has 0 unspecified atom stereocenters. The first kappa shape index (κ1) is 23.3. The van der Waals surface area contributed by atoms with Crippen molar-refractivity contribution >= 4 is 74.7 Å². The van der Waals surface area contributed by atoms with Crippen molar-refractivity contribution < 1.29 is 9.13 Å². The molecule has 15 heavy (non-hydrogen) atoms. The van der Waals surface area contributed by atoms with Crippen LogP contribution in [0.4, 0.5) is 0 Å². The molecule has 0 N–H and O–H groups in total. The molecule has 0 radical (unpaired) electrons. The molecule has 0 aromatic carbocycles. The molecular weight excluding hydrogens is 613 g/mol. The van der Waals surface area contributed by atoms with Crippen molar-refractivity contribution in [2.45, 2.75) is 0 Å². The Bertz CT molecular complexity index is 199. The summed E-state index contributed by atoms with van der Waals surface area (Å²) < 4.78 is 20.4. The van der Waals surface area contributed by atoms with E-state index in [1.165, 1.54) is 0 Å². The molecule has 0 saturated heterocycles. The van der Waals surface area contributed by atoms with Crippen molar-refractivity contribution in [2.24, 2.45) is 0 Å². The fourth-order valence-electron chi connectivity index (χ4n) is 0. The zero-order chi connectivity index (χ0) is 13.5. The fourth-order valence-corrected chi connectivity index (χ4v) is 0. The predicted octanol–water partition coefficient (Wildman–Crippen LogP) is 5.48. The van der Waals surface area contributed by atoms with Crippen LogP contribution in [0.25, 0.3) is 0 Å². The van der Waals surface area contributed by atoms with Gasteiger partial charge < -0.3 is 9.13 Å². The standard InChI is InChI=1S/2C3H9OP.Br4Te/c3*1-5(2,3)4/h2*1-3H3;. The van der Waals surface area contributed by atoms with Gasteiger partial charge in [0.15, 0.2) is 0 Å². The second-order valence-electron chi connectivity index (χ2n) is 4.13. The van der Waals surface area contributed by atoms with E-state index in [1.54, 1.807) is 40.0 Å². The summed E-state index contributed by atoms with van der Waals surface area (Å²) in [5.74, 6) is 0. The minimum absolute atomic E-state index is 1.64. The second-order valence-corrected chi connectivity index (χ2v) is 74.7. The maximum absolute atomic E-state index is 10.2. The molecule has 98 valence electrons. The summed E-state index contributed by atoms with van der Waals surface area (Å²) >= 11 is 13.3. The van der Waals surface area contributed by atoms with Gasteiger partial charge in [0.05, 0.1) is 14.3 Å². The fraction of sp³-hybridized carbons (Fsp3) is 1.00. The van der Waals surface area contributed by atoms with E-state index < -0.39 is 23.6 Å². The zero-order valence-electron chi connectivity index (χ0n) is 9.63. The Morgan fingerprint density at radius 1 is 0.667 bits per heavy atom. The normalized spacial score (nSPS) is 12.9. The molecule has 0 aromatic heterocycles. The first-order chi connectivity index (χ1) is 6.00. The molecule has 0 spiro atoms. The van der Waals surface area contributed by atoms with E-state index in [0.717, 1.165) is 0 Å². The third kappa shape index (κ3) is 393. The Balaban J connectivity index is -0.000000144. The summed E-state index contributed by atoms with van der Waals surface area (Å²) in [5, 5.41) is 0. The van der Waals surface area contributed by atoms with Crippen LogP contribution >= 0.6 is 65.3 Å². The molecule has 0 rings (SSSR count). The van der Waals surface area contributed by atoms with E-state index in [-0.39, 0.29) is 0 Å². The van der Waals surface area contributed by atoms with Gasteiger partial charge in [0, 0.05) is 0 Å². The Labute approximate surface area is 122 Å². The van der Waals surface area contributed by atoms with Gasteiger partial charge in [-0.15, -0.1) is 0 Å². The number of halogens is 4. The van der Waals surface area contributed by atoms with E-state index in [1.807, 2.05) is 0 Å². The molecule has 0 aliphatic carbocycles. The third-order valence-corrected chi connectivity index (χ3v) is 0. The predicted molar refractivity (Wildman–Crippen MR) is 92.2 cm³/mol. The topological polar surface area (TPSA) is 34.1 Å². The number of hydrogen-bond acceptors (Lipinski definition) is 2. The summed E-state index contributed by atoms with van der Waals surface area (Å²) in [6.07, 6.45) is 0. The van der Waals surface area contributed by atoms with Gasteiger partial charge >= 0.3 is 60.4 Å². The molecule has 0 saturated carbocycles. The maximum atomic E-state index is 10.2. The van der Waals surface area contributed by atoms with E-state index in [4.69, 9.17) is 0 Å². The van der Waals surface area contributed by atoms with Crippen LogP contribution in [-0.2, 0) is 9.13 Å². The molecule has 0 aliphatic rings. The van der Waals surface area contributed by atoms with Crippen LogP contribution < -0.4 is 0 Å². The van der Waals surface area contributed by atoms with Crippen molar-refractivity contribution in [1.29, 1.82) is 0 Å². The van der Waals surface area contributed by atoms with Gasteiger partial charge in [0.1, 0.15) is 0 Å². The van der Waals surface area contributed by atoms with E-state index in [9.17, 15) is 9.13 Å². The van der Waals surface area contributed by atoms with Gasteiger partial charge in [-0.25, -0.2) is 0 Å². The van der Waals surface area contributed by atoms with Crippen molar-refractivity contribution in [2.75, 3.05) is 40.0 Å². The SMILES string of the molecule is Br[Te](Br)(Br)Br.CP(C)(C)=O.CP(C)(C)=O. The molecule has 2 nitrogen and oxygen atoms in total. The quantitative estimate of drug-likeness (QED) is 0.263. The summed E-state index contributed by atoms with van der Waals surface area (Å²) in [6.45, 7) is 10.5. The van der Waals surface area contributed by atoms with E-state index in [0.29, 0.717) is 0 Å². The Kier molecular flexibility index (Phi) is 15.5. The molecule has 0 atom stereocenters. The average molecular weight is 631 g/mol. The van der Waals surface area contributed by atoms with Gasteiger partial charge in [-0.1, -0.05) is 0 Å². The summed E-state index contributed by atoms with van der Waals surface area (Å²) in [7, 11) is -5.05. The van der Waals surface area contributed by atoms with Crippen LogP contribution in [-0.4, -0.2) is 49.3 Å². The molecule has 0 bridgehead atoms. The first-order valence-electron chi connectivity index (χ1n) is 3.67. The Morgan fingerprint density at radius 3 is 0.667 bits per heavy atom. The minimum Gasteiger partial charge on any atom is -0.324 e. The Morgan fingerprint density at radius 2 is 0.667 bits per heavy atom.